The third-order valence-electron chi connectivity index (χ3n) is 2.01. The van der Waals surface area contributed by atoms with Gasteiger partial charge in [0.1, 0.15) is 17.8 Å². The average molecular weight is 263 g/mol. The largest absolute Gasteiger partial charge is 0.370 e. The number of hydrogen-bond acceptors (Lipinski definition) is 4. The van der Waals surface area contributed by atoms with Gasteiger partial charge in [-0.1, -0.05) is 0 Å². The molecule has 1 heterocycles. The van der Waals surface area contributed by atoms with Crippen LogP contribution in [0.2, 0.25) is 0 Å². The normalized spacial score (nSPS) is 11.3. The van der Waals surface area contributed by atoms with Crippen LogP contribution in [0.4, 0.5) is 10.1 Å². The highest BCUT2D eigenvalue weighted by Gasteiger charge is 2.07. The number of halogens is 1. The standard InChI is InChI=1S/C9H10FN9/c10-6-2-1-5(15-9(13)16-8(11)12)3-7(6)19-4-14-17-18-19/h1-4H,(H6,11,12,13,15,16). The van der Waals surface area contributed by atoms with Gasteiger partial charge in [-0.15, -0.1) is 5.10 Å². The Balaban J connectivity index is 2.40. The van der Waals surface area contributed by atoms with Crippen LogP contribution in [0.5, 0.6) is 0 Å². The first-order chi connectivity index (χ1) is 9.06. The van der Waals surface area contributed by atoms with E-state index in [0.29, 0.717) is 5.69 Å². The maximum atomic E-state index is 13.6. The van der Waals surface area contributed by atoms with Crippen LogP contribution in [0, 0.1) is 5.82 Å². The second-order valence-corrected chi connectivity index (χ2v) is 3.40. The molecular formula is C9H10FN9. The number of hydrogen-bond donors (Lipinski definition) is 3. The quantitative estimate of drug-likeness (QED) is 0.468. The van der Waals surface area contributed by atoms with Gasteiger partial charge in [-0.2, -0.15) is 9.67 Å². The van der Waals surface area contributed by atoms with Gasteiger partial charge >= 0.3 is 0 Å². The fourth-order valence-electron chi connectivity index (χ4n) is 1.31. The molecule has 0 unspecified atom stereocenters. The van der Waals surface area contributed by atoms with Crippen molar-refractivity contribution in [3.63, 3.8) is 0 Å². The molecule has 0 aliphatic heterocycles. The predicted octanol–water partition coefficient (Wildman–Crippen LogP) is -0.979. The summed E-state index contributed by atoms with van der Waals surface area (Å²) in [5, 5.41) is 10.4. The number of guanidine groups is 2. The van der Waals surface area contributed by atoms with E-state index < -0.39 is 5.82 Å². The number of nitrogens with two attached hydrogens (primary N) is 3. The van der Waals surface area contributed by atoms with Gasteiger partial charge in [0, 0.05) is 0 Å². The van der Waals surface area contributed by atoms with Crippen molar-refractivity contribution in [1.82, 2.24) is 20.2 Å². The molecule has 2 aromatic rings. The van der Waals surface area contributed by atoms with Crippen molar-refractivity contribution >= 4 is 17.6 Å². The summed E-state index contributed by atoms with van der Waals surface area (Å²) in [4.78, 5) is 7.46. The van der Waals surface area contributed by atoms with Crippen LogP contribution in [-0.4, -0.2) is 32.1 Å². The molecule has 0 saturated carbocycles. The van der Waals surface area contributed by atoms with Gasteiger partial charge in [0.05, 0.1) is 5.69 Å². The molecule has 19 heavy (non-hydrogen) atoms. The van der Waals surface area contributed by atoms with Crippen LogP contribution in [0.3, 0.4) is 0 Å². The zero-order valence-corrected chi connectivity index (χ0v) is 9.60. The van der Waals surface area contributed by atoms with Gasteiger partial charge in [-0.25, -0.2) is 9.38 Å². The average Bonchev–Trinajstić information content (AvgIpc) is 2.84. The lowest BCUT2D eigenvalue weighted by Gasteiger charge is -2.02. The Hall–Kier alpha value is -3.04. The van der Waals surface area contributed by atoms with Crippen LogP contribution in [0.1, 0.15) is 0 Å². The molecule has 1 aromatic carbocycles. The third-order valence-corrected chi connectivity index (χ3v) is 2.01. The Bertz CT molecular complexity index is 627. The van der Waals surface area contributed by atoms with E-state index in [1.165, 1.54) is 24.5 Å². The Morgan fingerprint density at radius 1 is 1.26 bits per heavy atom. The van der Waals surface area contributed by atoms with E-state index in [9.17, 15) is 4.39 Å². The molecule has 98 valence electrons. The van der Waals surface area contributed by atoms with Crippen molar-refractivity contribution in [1.29, 1.82) is 0 Å². The molecule has 0 aliphatic rings. The summed E-state index contributed by atoms with van der Waals surface area (Å²) in [5.74, 6) is -0.870. The fraction of sp³-hybridized carbons (Fsp3) is 0. The van der Waals surface area contributed by atoms with E-state index in [4.69, 9.17) is 17.2 Å². The van der Waals surface area contributed by atoms with Crippen molar-refractivity contribution in [3.05, 3.63) is 30.3 Å². The molecular weight excluding hydrogens is 253 g/mol. The molecule has 0 spiro atoms. The lowest BCUT2D eigenvalue weighted by atomic mass is 10.2. The molecule has 0 atom stereocenters. The van der Waals surface area contributed by atoms with Crippen molar-refractivity contribution in [2.45, 2.75) is 0 Å². The molecule has 0 bridgehead atoms. The molecule has 9 nitrogen and oxygen atoms in total. The fourth-order valence-corrected chi connectivity index (χ4v) is 1.31. The first-order valence-electron chi connectivity index (χ1n) is 5.03. The summed E-state index contributed by atoms with van der Waals surface area (Å²) in [5.41, 5.74) is 16.3. The van der Waals surface area contributed by atoms with Crippen molar-refractivity contribution in [3.8, 4) is 5.69 Å². The van der Waals surface area contributed by atoms with E-state index in [1.807, 2.05) is 0 Å². The molecule has 10 heteroatoms. The minimum atomic E-state index is -0.508. The van der Waals surface area contributed by atoms with Crippen molar-refractivity contribution in [2.75, 3.05) is 0 Å². The van der Waals surface area contributed by atoms with E-state index in [1.54, 1.807) is 0 Å². The molecule has 2 rings (SSSR count). The second-order valence-electron chi connectivity index (χ2n) is 3.40. The second kappa shape index (κ2) is 5.08. The van der Waals surface area contributed by atoms with Crippen molar-refractivity contribution < 1.29 is 4.39 Å². The Labute approximate surface area is 106 Å². The molecule has 0 aliphatic carbocycles. The van der Waals surface area contributed by atoms with Crippen LogP contribution >= 0.6 is 0 Å². The molecule has 0 radical (unpaired) electrons. The van der Waals surface area contributed by atoms with Crippen LogP contribution in [-0.2, 0) is 0 Å². The summed E-state index contributed by atoms with van der Waals surface area (Å²) in [6, 6.07) is 4.03. The minimum absolute atomic E-state index is 0.128. The Morgan fingerprint density at radius 3 is 2.68 bits per heavy atom. The Kier molecular flexibility index (Phi) is 3.32. The summed E-state index contributed by atoms with van der Waals surface area (Å²) >= 11 is 0. The van der Waals surface area contributed by atoms with Gasteiger partial charge in [-0.05, 0) is 28.6 Å². The highest BCUT2D eigenvalue weighted by Crippen LogP contribution is 2.19. The van der Waals surface area contributed by atoms with Crippen LogP contribution in [0.25, 0.3) is 5.69 Å². The zero-order valence-electron chi connectivity index (χ0n) is 9.60. The smallest absolute Gasteiger partial charge is 0.223 e. The number of rotatable bonds is 2. The SMILES string of the molecule is NC(N)=NC(N)=Nc1ccc(F)c(-n2cnnn2)c1. The van der Waals surface area contributed by atoms with Gasteiger partial charge in [0.25, 0.3) is 0 Å². The maximum absolute atomic E-state index is 13.6. The zero-order chi connectivity index (χ0) is 13.8. The van der Waals surface area contributed by atoms with Gasteiger partial charge in [0.15, 0.2) is 5.96 Å². The topological polar surface area (TPSA) is 146 Å². The van der Waals surface area contributed by atoms with Gasteiger partial charge in [-0.3, -0.25) is 0 Å². The molecule has 0 amide bonds. The lowest BCUT2D eigenvalue weighted by molar-refractivity contribution is 0.607. The third kappa shape index (κ3) is 3.00. The summed E-state index contributed by atoms with van der Waals surface area (Å²) in [6.45, 7) is 0. The van der Waals surface area contributed by atoms with Gasteiger partial charge in [0.2, 0.25) is 5.96 Å². The number of nitrogens with zero attached hydrogens (tertiary/aromatic N) is 6. The Morgan fingerprint density at radius 2 is 2.05 bits per heavy atom. The van der Waals surface area contributed by atoms with Crippen molar-refractivity contribution in [2.24, 2.45) is 27.2 Å². The molecule has 0 fully saturated rings. The first-order valence-corrected chi connectivity index (χ1v) is 5.03. The van der Waals surface area contributed by atoms with E-state index in [0.717, 1.165) is 4.68 Å². The number of benzene rings is 1. The summed E-state index contributed by atoms with van der Waals surface area (Å²) in [7, 11) is 0. The number of aliphatic imine (C=N–C) groups is 2. The first kappa shape index (κ1) is 12.4. The van der Waals surface area contributed by atoms with E-state index in [2.05, 4.69) is 25.5 Å². The number of tetrazole rings is 1. The maximum Gasteiger partial charge on any atom is 0.223 e. The molecule has 6 N–H and O–H groups in total. The highest BCUT2D eigenvalue weighted by atomic mass is 19.1. The monoisotopic (exact) mass is 263 g/mol. The lowest BCUT2D eigenvalue weighted by Crippen LogP contribution is -2.26. The molecule has 0 saturated heterocycles. The van der Waals surface area contributed by atoms with E-state index in [-0.39, 0.29) is 17.6 Å². The number of aromatic nitrogens is 4. The van der Waals surface area contributed by atoms with Gasteiger partial charge < -0.3 is 17.2 Å². The minimum Gasteiger partial charge on any atom is -0.370 e. The van der Waals surface area contributed by atoms with E-state index >= 15 is 0 Å². The predicted molar refractivity (Wildman–Crippen MR) is 66.2 cm³/mol. The van der Waals surface area contributed by atoms with Crippen LogP contribution in [0.15, 0.2) is 34.5 Å². The summed E-state index contributed by atoms with van der Waals surface area (Å²) in [6.07, 6.45) is 1.26. The van der Waals surface area contributed by atoms with Crippen LogP contribution < -0.4 is 17.2 Å². The highest BCUT2D eigenvalue weighted by molar-refractivity contribution is 5.93. The summed E-state index contributed by atoms with van der Waals surface area (Å²) < 4.78 is 14.8. The molecule has 1 aromatic heterocycles.